The third kappa shape index (κ3) is 3.97. The zero-order valence-electron chi connectivity index (χ0n) is 12.9. The lowest BCUT2D eigenvalue weighted by molar-refractivity contribution is -0.384. The first-order valence-corrected chi connectivity index (χ1v) is 7.07. The zero-order chi connectivity index (χ0) is 17.7. The number of hydrogen-bond acceptors (Lipinski definition) is 5. The minimum atomic E-state index is -0.741. The molecule has 2 aromatic carbocycles. The summed E-state index contributed by atoms with van der Waals surface area (Å²) in [5.41, 5.74) is 5.27. The van der Waals surface area contributed by atoms with Gasteiger partial charge in [-0.1, -0.05) is 12.1 Å². The van der Waals surface area contributed by atoms with Crippen LogP contribution in [0.4, 0.5) is 15.8 Å². The highest BCUT2D eigenvalue weighted by molar-refractivity contribution is 5.94. The molecule has 0 fully saturated rings. The molecule has 0 heterocycles. The highest BCUT2D eigenvalue weighted by atomic mass is 19.1. The number of nitro benzene ring substituents is 1. The second kappa shape index (κ2) is 7.40. The molecule has 2 rings (SSSR count). The Kier molecular flexibility index (Phi) is 5.31. The van der Waals surface area contributed by atoms with Gasteiger partial charge in [0.2, 0.25) is 5.91 Å². The maximum absolute atomic E-state index is 13.5. The van der Waals surface area contributed by atoms with Gasteiger partial charge in [0.15, 0.2) is 11.6 Å². The normalized spacial score (nSPS) is 10.2. The van der Waals surface area contributed by atoms with E-state index in [1.807, 2.05) is 0 Å². The average molecular weight is 333 g/mol. The standard InChI is InChI=1S/C16H16FN3O4/c1-19(8-9-24-15-5-3-2-4-12(15)17)13-7-6-11(16(18)21)10-14(13)20(22)23/h2-7,10H,8-9H2,1H3,(H2,18,21). The first-order chi connectivity index (χ1) is 11.4. The smallest absolute Gasteiger partial charge is 0.293 e. The minimum Gasteiger partial charge on any atom is -0.489 e. The van der Waals surface area contributed by atoms with Gasteiger partial charge in [0.1, 0.15) is 12.3 Å². The third-order valence-electron chi connectivity index (χ3n) is 3.39. The van der Waals surface area contributed by atoms with E-state index in [1.165, 1.54) is 24.3 Å². The molecule has 2 N–H and O–H groups in total. The Morgan fingerprint density at radius 1 is 1.33 bits per heavy atom. The Morgan fingerprint density at radius 3 is 2.67 bits per heavy atom. The van der Waals surface area contributed by atoms with Gasteiger partial charge in [-0.25, -0.2) is 4.39 Å². The van der Waals surface area contributed by atoms with Crippen LogP contribution in [0.2, 0.25) is 0 Å². The second-order valence-electron chi connectivity index (χ2n) is 5.03. The van der Waals surface area contributed by atoms with Crippen LogP contribution in [0.5, 0.6) is 5.75 Å². The molecule has 0 bridgehead atoms. The topological polar surface area (TPSA) is 98.7 Å². The Hall–Kier alpha value is -3.16. The minimum absolute atomic E-state index is 0.0569. The van der Waals surface area contributed by atoms with E-state index in [2.05, 4.69) is 0 Å². The number of amides is 1. The van der Waals surface area contributed by atoms with Crippen molar-refractivity contribution in [3.63, 3.8) is 0 Å². The number of nitrogens with zero attached hydrogens (tertiary/aromatic N) is 2. The number of halogens is 1. The maximum Gasteiger partial charge on any atom is 0.293 e. The van der Waals surface area contributed by atoms with Gasteiger partial charge in [-0.05, 0) is 24.3 Å². The van der Waals surface area contributed by atoms with E-state index < -0.39 is 16.6 Å². The molecule has 0 aliphatic heterocycles. The lowest BCUT2D eigenvalue weighted by Gasteiger charge is -2.19. The zero-order valence-corrected chi connectivity index (χ0v) is 12.9. The fourth-order valence-corrected chi connectivity index (χ4v) is 2.12. The van der Waals surface area contributed by atoms with Crippen LogP contribution in [0, 0.1) is 15.9 Å². The average Bonchev–Trinajstić information content (AvgIpc) is 2.55. The number of primary amides is 1. The Labute approximate surface area is 137 Å². The summed E-state index contributed by atoms with van der Waals surface area (Å²) in [4.78, 5) is 23.3. The number of nitrogens with two attached hydrogens (primary N) is 1. The van der Waals surface area contributed by atoms with Crippen molar-refractivity contribution in [2.45, 2.75) is 0 Å². The fraction of sp³-hybridized carbons (Fsp3) is 0.188. The molecular weight excluding hydrogens is 317 g/mol. The number of ether oxygens (including phenoxy) is 1. The second-order valence-corrected chi connectivity index (χ2v) is 5.03. The highest BCUT2D eigenvalue weighted by Gasteiger charge is 2.19. The number of rotatable bonds is 7. The van der Waals surface area contributed by atoms with Crippen LogP contribution in [0.3, 0.4) is 0 Å². The lowest BCUT2D eigenvalue weighted by Crippen LogP contribution is -2.25. The summed E-state index contributed by atoms with van der Waals surface area (Å²) in [6.07, 6.45) is 0. The molecule has 0 unspecified atom stereocenters. The Balaban J connectivity index is 2.09. The van der Waals surface area contributed by atoms with E-state index in [9.17, 15) is 19.3 Å². The van der Waals surface area contributed by atoms with Crippen LogP contribution in [0.15, 0.2) is 42.5 Å². The van der Waals surface area contributed by atoms with Gasteiger partial charge in [0, 0.05) is 18.7 Å². The van der Waals surface area contributed by atoms with Crippen molar-refractivity contribution >= 4 is 17.3 Å². The Morgan fingerprint density at radius 2 is 2.04 bits per heavy atom. The van der Waals surface area contributed by atoms with Gasteiger partial charge in [-0.2, -0.15) is 0 Å². The van der Waals surface area contributed by atoms with Crippen molar-refractivity contribution in [3.05, 3.63) is 64.0 Å². The van der Waals surface area contributed by atoms with Crippen LogP contribution in [-0.4, -0.2) is 31.0 Å². The van der Waals surface area contributed by atoms with Crippen molar-refractivity contribution < 1.29 is 18.8 Å². The van der Waals surface area contributed by atoms with E-state index in [4.69, 9.17) is 10.5 Å². The van der Waals surface area contributed by atoms with Crippen LogP contribution >= 0.6 is 0 Å². The molecule has 0 atom stereocenters. The molecule has 0 aromatic heterocycles. The first kappa shape index (κ1) is 17.2. The molecule has 1 amide bonds. The summed E-state index contributed by atoms with van der Waals surface area (Å²) >= 11 is 0. The predicted octanol–water partition coefficient (Wildman–Crippen LogP) is 2.35. The summed E-state index contributed by atoms with van der Waals surface area (Å²) in [5, 5.41) is 11.2. The van der Waals surface area contributed by atoms with Crippen LogP contribution in [-0.2, 0) is 0 Å². The van der Waals surface area contributed by atoms with Gasteiger partial charge >= 0.3 is 0 Å². The molecular formula is C16H16FN3O4. The highest BCUT2D eigenvalue weighted by Crippen LogP contribution is 2.28. The molecule has 0 saturated heterocycles. The lowest BCUT2D eigenvalue weighted by atomic mass is 10.1. The van der Waals surface area contributed by atoms with Crippen LogP contribution in [0.1, 0.15) is 10.4 Å². The number of hydrogen-bond donors (Lipinski definition) is 1. The molecule has 0 aliphatic carbocycles. The summed E-state index contributed by atoms with van der Waals surface area (Å²) in [7, 11) is 1.64. The number of likely N-dealkylation sites (N-methyl/N-ethyl adjacent to an activating group) is 1. The third-order valence-corrected chi connectivity index (χ3v) is 3.39. The van der Waals surface area contributed by atoms with Crippen molar-refractivity contribution in [3.8, 4) is 5.75 Å². The van der Waals surface area contributed by atoms with Crippen molar-refractivity contribution in [2.75, 3.05) is 25.1 Å². The van der Waals surface area contributed by atoms with Crippen LogP contribution in [0.25, 0.3) is 0 Å². The predicted molar refractivity (Wildman–Crippen MR) is 86.8 cm³/mol. The Bertz CT molecular complexity index is 767. The quantitative estimate of drug-likeness (QED) is 0.619. The van der Waals surface area contributed by atoms with Gasteiger partial charge in [0.05, 0.1) is 11.5 Å². The monoisotopic (exact) mass is 333 g/mol. The van der Waals surface area contributed by atoms with E-state index >= 15 is 0 Å². The van der Waals surface area contributed by atoms with E-state index in [1.54, 1.807) is 24.1 Å². The van der Waals surface area contributed by atoms with Crippen molar-refractivity contribution in [2.24, 2.45) is 5.73 Å². The van der Waals surface area contributed by atoms with E-state index in [0.717, 1.165) is 6.07 Å². The van der Waals surface area contributed by atoms with Crippen molar-refractivity contribution in [1.82, 2.24) is 0 Å². The van der Waals surface area contributed by atoms with Gasteiger partial charge in [0.25, 0.3) is 5.69 Å². The molecule has 24 heavy (non-hydrogen) atoms. The van der Waals surface area contributed by atoms with Gasteiger partial charge in [-0.3, -0.25) is 14.9 Å². The maximum atomic E-state index is 13.5. The molecule has 0 saturated carbocycles. The SMILES string of the molecule is CN(CCOc1ccccc1F)c1ccc(C(N)=O)cc1[N+](=O)[O-]. The van der Waals surface area contributed by atoms with E-state index in [0.29, 0.717) is 5.69 Å². The summed E-state index contributed by atoms with van der Waals surface area (Å²) in [5.74, 6) is -1.10. The van der Waals surface area contributed by atoms with Crippen LogP contribution < -0.4 is 15.4 Å². The van der Waals surface area contributed by atoms with Gasteiger partial charge in [-0.15, -0.1) is 0 Å². The number of anilines is 1. The number of carbonyl (C=O) groups excluding carboxylic acids is 1. The number of nitro groups is 1. The number of para-hydroxylation sites is 1. The molecule has 8 heteroatoms. The summed E-state index contributed by atoms with van der Waals surface area (Å²) < 4.78 is 18.8. The summed E-state index contributed by atoms with van der Waals surface area (Å²) in [6.45, 7) is 0.414. The fourth-order valence-electron chi connectivity index (χ4n) is 2.12. The molecule has 126 valence electrons. The first-order valence-electron chi connectivity index (χ1n) is 7.07. The molecule has 0 radical (unpaired) electrons. The largest absolute Gasteiger partial charge is 0.489 e. The number of benzene rings is 2. The summed E-state index contributed by atoms with van der Waals surface area (Å²) in [6, 6.07) is 9.98. The van der Waals surface area contributed by atoms with Gasteiger partial charge < -0.3 is 15.4 Å². The molecule has 0 spiro atoms. The molecule has 7 nitrogen and oxygen atoms in total. The van der Waals surface area contributed by atoms with E-state index in [-0.39, 0.29) is 30.2 Å². The molecule has 2 aromatic rings. The number of carbonyl (C=O) groups is 1. The molecule has 0 aliphatic rings. The van der Waals surface area contributed by atoms with Crippen molar-refractivity contribution in [1.29, 1.82) is 0 Å².